The van der Waals surface area contributed by atoms with Gasteiger partial charge in [-0.1, -0.05) is 79.7 Å². The summed E-state index contributed by atoms with van der Waals surface area (Å²) in [6, 6.07) is 0. The summed E-state index contributed by atoms with van der Waals surface area (Å²) in [4.78, 5) is 0. The Labute approximate surface area is 244 Å². The second-order valence-electron chi connectivity index (χ2n) is 16.4. The molecule has 5 unspecified atom stereocenters. The molecule has 0 aromatic rings. The van der Waals surface area contributed by atoms with Gasteiger partial charge in [-0.05, 0) is 109 Å². The van der Waals surface area contributed by atoms with E-state index in [9.17, 15) is 5.11 Å². The number of allylic oxidation sites excluding steroid dienone is 3. The maximum Gasteiger partial charge on any atom is 0.192 e. The molecule has 1 N–H and O–H groups in total. The molecule has 224 valence electrons. The lowest BCUT2D eigenvalue weighted by atomic mass is 9.60. The quantitative estimate of drug-likeness (QED) is 0.308. The zero-order valence-corrected chi connectivity index (χ0v) is 29.7. The van der Waals surface area contributed by atoms with Gasteiger partial charge in [0.15, 0.2) is 16.6 Å². The van der Waals surface area contributed by atoms with Crippen LogP contribution < -0.4 is 0 Å². The fourth-order valence-corrected chi connectivity index (χ4v) is 9.73. The zero-order chi connectivity index (χ0) is 29.6. The van der Waals surface area contributed by atoms with Crippen LogP contribution in [0.15, 0.2) is 35.5 Å². The third kappa shape index (κ3) is 6.79. The number of fused-ring (bicyclic) bond motifs is 1. The van der Waals surface area contributed by atoms with Crippen LogP contribution in [0.4, 0.5) is 0 Å². The van der Waals surface area contributed by atoms with E-state index in [2.05, 4.69) is 100 Å². The predicted octanol–water partition coefficient (Wildman–Crippen LogP) is 9.81. The van der Waals surface area contributed by atoms with E-state index in [0.29, 0.717) is 11.8 Å². The molecule has 0 bridgehead atoms. The van der Waals surface area contributed by atoms with Gasteiger partial charge in [0.05, 0.1) is 12.2 Å². The fourth-order valence-electron chi connectivity index (χ4n) is 7.06. The molecule has 3 aliphatic rings. The molecule has 0 spiro atoms. The maximum absolute atomic E-state index is 10.0. The van der Waals surface area contributed by atoms with Gasteiger partial charge in [-0.3, -0.25) is 0 Å². The molecule has 6 atom stereocenters. The Kier molecular flexibility index (Phi) is 9.88. The van der Waals surface area contributed by atoms with Crippen LogP contribution in [0.5, 0.6) is 0 Å². The molecule has 3 saturated carbocycles. The van der Waals surface area contributed by atoms with Gasteiger partial charge in [0.1, 0.15) is 0 Å². The van der Waals surface area contributed by atoms with Crippen molar-refractivity contribution in [3.05, 3.63) is 35.5 Å². The summed E-state index contributed by atoms with van der Waals surface area (Å²) in [6.45, 7) is 33.1. The number of rotatable bonds is 7. The van der Waals surface area contributed by atoms with Crippen LogP contribution in [0.3, 0.4) is 0 Å². The summed E-state index contributed by atoms with van der Waals surface area (Å²) in [5.41, 5.74) is 4.27. The van der Waals surface area contributed by atoms with Gasteiger partial charge in [-0.25, -0.2) is 0 Å². The number of aliphatic hydroxyl groups is 1. The summed E-state index contributed by atoms with van der Waals surface area (Å²) in [5.74, 6) is 1.66. The van der Waals surface area contributed by atoms with Crippen molar-refractivity contribution in [2.75, 3.05) is 6.61 Å². The lowest BCUT2D eigenvalue weighted by Gasteiger charge is -2.46. The van der Waals surface area contributed by atoms with Gasteiger partial charge in [0.25, 0.3) is 0 Å². The highest BCUT2D eigenvalue weighted by Crippen LogP contribution is 2.60. The van der Waals surface area contributed by atoms with Crippen LogP contribution in [0.25, 0.3) is 0 Å². The van der Waals surface area contributed by atoms with Gasteiger partial charge >= 0.3 is 0 Å². The first-order valence-electron chi connectivity index (χ1n) is 15.8. The molecule has 0 aromatic heterocycles. The Morgan fingerprint density at radius 2 is 1.56 bits per heavy atom. The molecule has 3 aliphatic carbocycles. The Bertz CT molecular complexity index is 948. The molecule has 3 fully saturated rings. The minimum Gasteiger partial charge on any atom is -0.413 e. The Morgan fingerprint density at radius 1 is 0.974 bits per heavy atom. The standard InChI is InChI=1S/C34H62O3Si2/c1-24(23-35)30-20-19-28-16-14-15-27(34(28,30)9)18-17-26-21-29(36-38(10,11)32(3,4)5)22-31(25(26)2)37-39(12,13)33(6,7)8/h17-18,24,28-31,35H,2,14-16,19-23H2,1,3-13H3/t24?,28?,29?,30?,31?,34-/m1/s1. The Hall–Kier alpha value is -0.466. The summed E-state index contributed by atoms with van der Waals surface area (Å²) in [6.07, 6.45) is 13.2. The van der Waals surface area contributed by atoms with Crippen molar-refractivity contribution >= 4 is 16.6 Å². The van der Waals surface area contributed by atoms with Crippen molar-refractivity contribution < 1.29 is 14.0 Å². The molecule has 0 saturated heterocycles. The first kappa shape index (κ1) is 33.0. The van der Waals surface area contributed by atoms with Crippen molar-refractivity contribution in [1.82, 2.24) is 0 Å². The molecule has 3 nitrogen and oxygen atoms in total. The molecule has 0 radical (unpaired) electrons. The highest BCUT2D eigenvalue weighted by Gasteiger charge is 2.51. The van der Waals surface area contributed by atoms with Crippen molar-refractivity contribution in [1.29, 1.82) is 0 Å². The fraction of sp³-hybridized carbons (Fsp3) is 0.824. The lowest BCUT2D eigenvalue weighted by molar-refractivity contribution is 0.0919. The SMILES string of the molecule is C=C1C(=CC=C2CCCC3CCC(C(C)CO)[C@]23C)CC(O[Si](C)(C)C(C)(C)C)CC1O[Si](C)(C)C(C)(C)C. The van der Waals surface area contributed by atoms with Crippen molar-refractivity contribution in [3.63, 3.8) is 0 Å². The van der Waals surface area contributed by atoms with E-state index < -0.39 is 16.6 Å². The van der Waals surface area contributed by atoms with Crippen LogP contribution in [0, 0.1) is 23.2 Å². The van der Waals surface area contributed by atoms with E-state index in [-0.39, 0.29) is 34.3 Å². The molecular formula is C34H62O3Si2. The number of hydrogen-bond acceptors (Lipinski definition) is 3. The summed E-state index contributed by atoms with van der Waals surface area (Å²) < 4.78 is 14.1. The Balaban J connectivity index is 1.98. The molecule has 0 aromatic carbocycles. The van der Waals surface area contributed by atoms with E-state index in [1.165, 1.54) is 37.7 Å². The minimum atomic E-state index is -1.97. The van der Waals surface area contributed by atoms with Gasteiger partial charge in [-0.2, -0.15) is 0 Å². The smallest absolute Gasteiger partial charge is 0.192 e. The molecule has 0 heterocycles. The molecular weight excluding hydrogens is 513 g/mol. The Morgan fingerprint density at radius 3 is 2.13 bits per heavy atom. The molecule has 0 amide bonds. The average molecular weight is 575 g/mol. The lowest BCUT2D eigenvalue weighted by Crippen LogP contribution is -2.49. The first-order valence-corrected chi connectivity index (χ1v) is 21.6. The molecule has 0 aliphatic heterocycles. The van der Waals surface area contributed by atoms with Crippen LogP contribution in [0.1, 0.15) is 100 Å². The van der Waals surface area contributed by atoms with Crippen LogP contribution in [-0.4, -0.2) is 40.6 Å². The zero-order valence-electron chi connectivity index (χ0n) is 27.7. The van der Waals surface area contributed by atoms with Crippen LogP contribution >= 0.6 is 0 Å². The van der Waals surface area contributed by atoms with Crippen LogP contribution in [0.2, 0.25) is 36.3 Å². The van der Waals surface area contributed by atoms with Crippen LogP contribution in [-0.2, 0) is 8.85 Å². The highest BCUT2D eigenvalue weighted by molar-refractivity contribution is 6.74. The average Bonchev–Trinajstić information content (AvgIpc) is 3.15. The van der Waals surface area contributed by atoms with Gasteiger partial charge in [0.2, 0.25) is 0 Å². The van der Waals surface area contributed by atoms with E-state index in [1.807, 2.05) is 0 Å². The highest BCUT2D eigenvalue weighted by atomic mass is 28.4. The minimum absolute atomic E-state index is 0.0161. The van der Waals surface area contributed by atoms with Crippen molar-refractivity contribution in [2.24, 2.45) is 23.2 Å². The van der Waals surface area contributed by atoms with Gasteiger partial charge in [-0.15, -0.1) is 0 Å². The van der Waals surface area contributed by atoms with E-state index >= 15 is 0 Å². The summed E-state index contributed by atoms with van der Waals surface area (Å²) in [7, 11) is -3.89. The monoisotopic (exact) mass is 574 g/mol. The second kappa shape index (κ2) is 11.7. The topological polar surface area (TPSA) is 38.7 Å². The predicted molar refractivity (Wildman–Crippen MR) is 173 cm³/mol. The van der Waals surface area contributed by atoms with Gasteiger partial charge in [0, 0.05) is 13.0 Å². The third-order valence-electron chi connectivity index (χ3n) is 11.8. The summed E-state index contributed by atoms with van der Waals surface area (Å²) in [5, 5.41) is 10.4. The van der Waals surface area contributed by atoms with E-state index in [1.54, 1.807) is 5.57 Å². The number of aliphatic hydroxyl groups excluding tert-OH is 1. The summed E-state index contributed by atoms with van der Waals surface area (Å²) >= 11 is 0. The van der Waals surface area contributed by atoms with Crippen molar-refractivity contribution in [3.8, 4) is 0 Å². The van der Waals surface area contributed by atoms with E-state index in [0.717, 1.165) is 24.3 Å². The molecule has 3 rings (SSSR count). The van der Waals surface area contributed by atoms with Crippen molar-refractivity contribution in [2.45, 2.75) is 149 Å². The van der Waals surface area contributed by atoms with Gasteiger partial charge < -0.3 is 14.0 Å². The largest absolute Gasteiger partial charge is 0.413 e. The maximum atomic E-state index is 10.0. The normalized spacial score (nSPS) is 34.0. The molecule has 39 heavy (non-hydrogen) atoms. The molecule has 5 heteroatoms. The van der Waals surface area contributed by atoms with E-state index in [4.69, 9.17) is 8.85 Å². The second-order valence-corrected chi connectivity index (χ2v) is 25.9. The first-order chi connectivity index (χ1) is 17.7. The third-order valence-corrected chi connectivity index (χ3v) is 20.9. The number of hydrogen-bond donors (Lipinski definition) is 1.